The molecule has 2 rings (SSSR count). The summed E-state index contributed by atoms with van der Waals surface area (Å²) in [5.74, 6) is 0.368. The quantitative estimate of drug-likeness (QED) is 0.881. The van der Waals surface area contributed by atoms with Crippen LogP contribution < -0.4 is 15.8 Å². The molecular weight excluding hydrogens is 252 g/mol. The average Bonchev–Trinajstić information content (AvgIpc) is 2.74. The lowest BCUT2D eigenvalue weighted by Gasteiger charge is -2.14. The molecule has 1 aromatic carbocycles. The minimum atomic E-state index is -0.159. The Bertz CT molecular complexity index is 451. The first-order valence-electron chi connectivity index (χ1n) is 6.00. The molecule has 0 radical (unpaired) electrons. The van der Waals surface area contributed by atoms with Crippen LogP contribution in [0.5, 0.6) is 5.75 Å². The monoisotopic (exact) mass is 268 g/mol. The summed E-state index contributed by atoms with van der Waals surface area (Å²) in [5.41, 5.74) is 6.29. The molecule has 0 aliphatic heterocycles. The SMILES string of the molecule is COc1ccc(Cl)cc1C(=O)NC1CCC(N)C1. The molecule has 0 bridgehead atoms. The zero-order valence-corrected chi connectivity index (χ0v) is 11.0. The lowest BCUT2D eigenvalue weighted by Crippen LogP contribution is -2.34. The molecule has 98 valence electrons. The third kappa shape index (κ3) is 2.94. The molecule has 0 spiro atoms. The number of hydrogen-bond donors (Lipinski definition) is 2. The van der Waals surface area contributed by atoms with E-state index in [1.165, 1.54) is 7.11 Å². The average molecular weight is 269 g/mol. The summed E-state index contributed by atoms with van der Waals surface area (Å²) in [6.45, 7) is 0. The van der Waals surface area contributed by atoms with Gasteiger partial charge in [-0.05, 0) is 37.5 Å². The number of hydrogen-bond acceptors (Lipinski definition) is 3. The summed E-state index contributed by atoms with van der Waals surface area (Å²) in [6, 6.07) is 5.35. The van der Waals surface area contributed by atoms with Crippen molar-refractivity contribution >= 4 is 17.5 Å². The van der Waals surface area contributed by atoms with Crippen LogP contribution in [0.4, 0.5) is 0 Å². The largest absolute Gasteiger partial charge is 0.496 e. The Morgan fingerprint density at radius 1 is 1.50 bits per heavy atom. The Balaban J connectivity index is 2.10. The second-order valence-electron chi connectivity index (χ2n) is 4.59. The predicted molar refractivity (Wildman–Crippen MR) is 71.1 cm³/mol. The molecule has 0 saturated heterocycles. The molecule has 2 atom stereocenters. The van der Waals surface area contributed by atoms with Crippen molar-refractivity contribution < 1.29 is 9.53 Å². The number of carbonyl (C=O) groups is 1. The van der Waals surface area contributed by atoms with Crippen LogP contribution in [0, 0.1) is 0 Å². The Kier molecular flexibility index (Phi) is 4.09. The van der Waals surface area contributed by atoms with Gasteiger partial charge < -0.3 is 15.8 Å². The van der Waals surface area contributed by atoms with Crippen molar-refractivity contribution in [1.82, 2.24) is 5.32 Å². The molecule has 4 nitrogen and oxygen atoms in total. The molecule has 1 saturated carbocycles. The number of nitrogens with one attached hydrogen (secondary N) is 1. The maximum Gasteiger partial charge on any atom is 0.255 e. The van der Waals surface area contributed by atoms with Gasteiger partial charge in [0.1, 0.15) is 5.75 Å². The first-order chi connectivity index (χ1) is 8.60. The van der Waals surface area contributed by atoms with E-state index in [4.69, 9.17) is 22.1 Å². The van der Waals surface area contributed by atoms with Crippen molar-refractivity contribution in [1.29, 1.82) is 0 Å². The predicted octanol–water partition coefficient (Wildman–Crippen LogP) is 1.96. The Morgan fingerprint density at radius 3 is 2.89 bits per heavy atom. The van der Waals surface area contributed by atoms with Gasteiger partial charge in [-0.3, -0.25) is 4.79 Å². The summed E-state index contributed by atoms with van der Waals surface area (Å²) >= 11 is 5.90. The number of benzene rings is 1. The van der Waals surface area contributed by atoms with Gasteiger partial charge in [0.15, 0.2) is 0 Å². The highest BCUT2D eigenvalue weighted by molar-refractivity contribution is 6.31. The molecular formula is C13H17ClN2O2. The van der Waals surface area contributed by atoms with E-state index in [-0.39, 0.29) is 18.0 Å². The lowest BCUT2D eigenvalue weighted by molar-refractivity contribution is 0.0934. The molecule has 5 heteroatoms. The molecule has 2 unspecified atom stereocenters. The van der Waals surface area contributed by atoms with Crippen molar-refractivity contribution in [2.45, 2.75) is 31.3 Å². The smallest absolute Gasteiger partial charge is 0.255 e. The molecule has 1 amide bonds. The van der Waals surface area contributed by atoms with E-state index in [1.54, 1.807) is 18.2 Å². The zero-order valence-electron chi connectivity index (χ0n) is 10.3. The van der Waals surface area contributed by atoms with Crippen LogP contribution in [-0.2, 0) is 0 Å². The maximum atomic E-state index is 12.1. The molecule has 3 N–H and O–H groups in total. The summed E-state index contributed by atoms with van der Waals surface area (Å²) in [5, 5.41) is 3.49. The van der Waals surface area contributed by atoms with E-state index >= 15 is 0 Å². The number of methoxy groups -OCH3 is 1. The van der Waals surface area contributed by atoms with Gasteiger partial charge in [-0.2, -0.15) is 0 Å². The molecule has 1 fully saturated rings. The Hall–Kier alpha value is -1.26. The van der Waals surface area contributed by atoms with Crippen molar-refractivity contribution in [2.24, 2.45) is 5.73 Å². The van der Waals surface area contributed by atoms with E-state index in [0.717, 1.165) is 19.3 Å². The van der Waals surface area contributed by atoms with E-state index in [1.807, 2.05) is 0 Å². The van der Waals surface area contributed by atoms with Gasteiger partial charge >= 0.3 is 0 Å². The van der Waals surface area contributed by atoms with Crippen LogP contribution in [0.1, 0.15) is 29.6 Å². The van der Waals surface area contributed by atoms with Gasteiger partial charge in [0.05, 0.1) is 12.7 Å². The third-order valence-electron chi connectivity index (χ3n) is 3.21. The number of amides is 1. The van der Waals surface area contributed by atoms with Gasteiger partial charge in [0.25, 0.3) is 5.91 Å². The third-order valence-corrected chi connectivity index (χ3v) is 3.45. The fraction of sp³-hybridized carbons (Fsp3) is 0.462. The first-order valence-corrected chi connectivity index (χ1v) is 6.38. The summed E-state index contributed by atoms with van der Waals surface area (Å²) in [6.07, 6.45) is 2.71. The normalized spacial score (nSPS) is 22.8. The zero-order chi connectivity index (χ0) is 13.1. The van der Waals surface area contributed by atoms with Gasteiger partial charge in [0.2, 0.25) is 0 Å². The number of carbonyl (C=O) groups excluding carboxylic acids is 1. The highest BCUT2D eigenvalue weighted by Crippen LogP contribution is 2.24. The first kappa shape index (κ1) is 13.2. The van der Waals surface area contributed by atoms with Crippen LogP contribution in [0.3, 0.4) is 0 Å². The van der Waals surface area contributed by atoms with Crippen LogP contribution in [0.2, 0.25) is 5.02 Å². The van der Waals surface area contributed by atoms with Crippen LogP contribution in [-0.4, -0.2) is 25.1 Å². The second kappa shape index (κ2) is 5.59. The fourth-order valence-corrected chi connectivity index (χ4v) is 2.44. The topological polar surface area (TPSA) is 64.3 Å². The summed E-state index contributed by atoms with van der Waals surface area (Å²) < 4.78 is 5.16. The molecule has 18 heavy (non-hydrogen) atoms. The molecule has 1 aliphatic carbocycles. The van der Waals surface area contributed by atoms with Gasteiger partial charge in [-0.1, -0.05) is 11.6 Å². The fourth-order valence-electron chi connectivity index (χ4n) is 2.27. The second-order valence-corrected chi connectivity index (χ2v) is 5.02. The molecule has 1 aliphatic rings. The van der Waals surface area contributed by atoms with Gasteiger partial charge in [-0.15, -0.1) is 0 Å². The van der Waals surface area contributed by atoms with Gasteiger partial charge in [-0.25, -0.2) is 0 Å². The summed E-state index contributed by atoms with van der Waals surface area (Å²) in [4.78, 5) is 12.1. The number of rotatable bonds is 3. The Morgan fingerprint density at radius 2 is 2.28 bits per heavy atom. The van der Waals surface area contributed by atoms with E-state index < -0.39 is 0 Å². The summed E-state index contributed by atoms with van der Waals surface area (Å²) in [7, 11) is 1.53. The van der Waals surface area contributed by atoms with Crippen molar-refractivity contribution in [3.05, 3.63) is 28.8 Å². The standard InChI is InChI=1S/C13H17ClN2O2/c1-18-12-5-2-8(14)6-11(12)13(17)16-10-4-3-9(15)7-10/h2,5-6,9-10H,3-4,7,15H2,1H3,(H,16,17). The van der Waals surface area contributed by atoms with Crippen LogP contribution in [0.25, 0.3) is 0 Å². The lowest BCUT2D eigenvalue weighted by atomic mass is 10.1. The minimum Gasteiger partial charge on any atom is -0.496 e. The maximum absolute atomic E-state index is 12.1. The van der Waals surface area contributed by atoms with Crippen molar-refractivity contribution in [3.8, 4) is 5.75 Å². The minimum absolute atomic E-state index is 0.149. The van der Waals surface area contributed by atoms with E-state index in [2.05, 4.69) is 5.32 Å². The van der Waals surface area contributed by atoms with Crippen molar-refractivity contribution in [3.63, 3.8) is 0 Å². The van der Waals surface area contributed by atoms with Crippen LogP contribution >= 0.6 is 11.6 Å². The highest BCUT2D eigenvalue weighted by Gasteiger charge is 2.24. The highest BCUT2D eigenvalue weighted by atomic mass is 35.5. The van der Waals surface area contributed by atoms with Gasteiger partial charge in [0, 0.05) is 17.1 Å². The van der Waals surface area contributed by atoms with Crippen LogP contribution in [0.15, 0.2) is 18.2 Å². The van der Waals surface area contributed by atoms with E-state index in [0.29, 0.717) is 16.3 Å². The molecule has 0 aromatic heterocycles. The number of ether oxygens (including phenoxy) is 1. The molecule has 1 aromatic rings. The number of nitrogens with two attached hydrogens (primary N) is 1. The number of halogens is 1. The van der Waals surface area contributed by atoms with E-state index in [9.17, 15) is 4.79 Å². The van der Waals surface area contributed by atoms with Crippen molar-refractivity contribution in [2.75, 3.05) is 7.11 Å². The Labute approximate surface area is 111 Å². The molecule has 0 heterocycles.